The predicted molar refractivity (Wildman–Crippen MR) is 71.6 cm³/mol. The first kappa shape index (κ1) is 14.1. The van der Waals surface area contributed by atoms with Gasteiger partial charge in [-0.3, -0.25) is 4.79 Å². The van der Waals surface area contributed by atoms with Crippen molar-refractivity contribution in [3.05, 3.63) is 58.0 Å². The molecular weight excluding hydrogens is 262 g/mol. The van der Waals surface area contributed by atoms with Crippen molar-refractivity contribution < 1.29 is 20.4 Å². The van der Waals surface area contributed by atoms with Gasteiger partial charge in [-0.1, -0.05) is 18.2 Å². The molecule has 0 saturated heterocycles. The van der Waals surface area contributed by atoms with Crippen molar-refractivity contribution in [2.24, 2.45) is 0 Å². The third kappa shape index (κ3) is 2.52. The number of aromatic nitrogens is 1. The standard InChI is InChI=1S/C14H15NO5/c16-8-7-15-6-5-11(18)14(20)12(15)13(19)9-3-1-2-4-10(9)17/h1-6,13,16-17,19-20H,7-8H2. The summed E-state index contributed by atoms with van der Waals surface area (Å²) in [6.07, 6.45) is -0.00626. The van der Waals surface area contributed by atoms with E-state index in [1.165, 1.54) is 22.9 Å². The summed E-state index contributed by atoms with van der Waals surface area (Å²) in [5.74, 6) is -0.747. The topological polar surface area (TPSA) is 103 Å². The summed E-state index contributed by atoms with van der Waals surface area (Å²) < 4.78 is 1.37. The minimum absolute atomic E-state index is 0.0620. The van der Waals surface area contributed by atoms with E-state index in [9.17, 15) is 20.1 Å². The third-order valence-electron chi connectivity index (χ3n) is 3.02. The number of nitrogens with zero attached hydrogens (tertiary/aromatic N) is 1. The van der Waals surface area contributed by atoms with Gasteiger partial charge < -0.3 is 25.0 Å². The van der Waals surface area contributed by atoms with E-state index in [-0.39, 0.29) is 30.2 Å². The lowest BCUT2D eigenvalue weighted by Crippen LogP contribution is -2.18. The largest absolute Gasteiger partial charge is 0.508 e. The molecule has 6 nitrogen and oxygen atoms in total. The first-order chi connectivity index (χ1) is 9.56. The number of aliphatic hydroxyl groups excluding tert-OH is 2. The molecule has 0 aliphatic rings. The van der Waals surface area contributed by atoms with Crippen molar-refractivity contribution in [1.82, 2.24) is 4.57 Å². The van der Waals surface area contributed by atoms with E-state index in [4.69, 9.17) is 5.11 Å². The van der Waals surface area contributed by atoms with Gasteiger partial charge in [0.1, 0.15) is 11.9 Å². The Morgan fingerprint density at radius 3 is 2.50 bits per heavy atom. The van der Waals surface area contributed by atoms with Crippen molar-refractivity contribution in [1.29, 1.82) is 0 Å². The number of para-hydroxylation sites is 1. The van der Waals surface area contributed by atoms with Crippen molar-refractivity contribution >= 4 is 0 Å². The molecule has 0 saturated carbocycles. The van der Waals surface area contributed by atoms with Gasteiger partial charge in [0, 0.05) is 24.4 Å². The average molecular weight is 277 g/mol. The van der Waals surface area contributed by atoms with Crippen LogP contribution in [0.1, 0.15) is 17.4 Å². The monoisotopic (exact) mass is 277 g/mol. The Morgan fingerprint density at radius 1 is 1.15 bits per heavy atom. The minimum Gasteiger partial charge on any atom is -0.508 e. The Balaban J connectivity index is 2.59. The molecule has 6 heteroatoms. The van der Waals surface area contributed by atoms with E-state index in [0.29, 0.717) is 0 Å². The molecule has 1 aromatic carbocycles. The Kier molecular flexibility index (Phi) is 4.07. The highest BCUT2D eigenvalue weighted by molar-refractivity contribution is 5.41. The molecule has 1 atom stereocenters. The molecule has 0 aliphatic carbocycles. The van der Waals surface area contributed by atoms with Crippen LogP contribution in [0.15, 0.2) is 41.3 Å². The molecule has 1 unspecified atom stereocenters. The summed E-state index contributed by atoms with van der Waals surface area (Å²) in [5, 5.41) is 38.9. The van der Waals surface area contributed by atoms with Crippen LogP contribution in [0.5, 0.6) is 11.5 Å². The molecule has 1 heterocycles. The van der Waals surface area contributed by atoms with E-state index >= 15 is 0 Å². The number of hydrogen-bond donors (Lipinski definition) is 4. The zero-order valence-electron chi connectivity index (χ0n) is 10.6. The van der Waals surface area contributed by atoms with Crippen LogP contribution in [0, 0.1) is 0 Å². The lowest BCUT2D eigenvalue weighted by atomic mass is 10.0. The van der Waals surface area contributed by atoms with Crippen LogP contribution < -0.4 is 5.43 Å². The van der Waals surface area contributed by atoms with Crippen LogP contribution in [0.3, 0.4) is 0 Å². The van der Waals surface area contributed by atoms with Gasteiger partial charge in [0.2, 0.25) is 5.43 Å². The second-order valence-electron chi connectivity index (χ2n) is 4.29. The molecule has 2 rings (SSSR count). The van der Waals surface area contributed by atoms with E-state index in [1.54, 1.807) is 12.1 Å². The molecule has 0 radical (unpaired) electrons. The maximum atomic E-state index is 11.5. The summed E-state index contributed by atoms with van der Waals surface area (Å²) in [4.78, 5) is 11.5. The Hall–Kier alpha value is -2.31. The summed E-state index contributed by atoms with van der Waals surface area (Å²) in [6, 6.07) is 7.24. The maximum absolute atomic E-state index is 11.5. The molecule has 20 heavy (non-hydrogen) atoms. The smallest absolute Gasteiger partial charge is 0.223 e. The normalized spacial score (nSPS) is 12.3. The van der Waals surface area contributed by atoms with Crippen molar-refractivity contribution in [2.75, 3.05) is 6.61 Å². The van der Waals surface area contributed by atoms with Crippen LogP contribution in [0.4, 0.5) is 0 Å². The molecule has 106 valence electrons. The number of pyridine rings is 1. The number of aromatic hydroxyl groups is 2. The maximum Gasteiger partial charge on any atom is 0.223 e. The Bertz CT molecular complexity index is 665. The number of phenols is 1. The predicted octanol–water partition coefficient (Wildman–Crippen LogP) is 0.334. The molecule has 2 aromatic rings. The lowest BCUT2D eigenvalue weighted by Gasteiger charge is -2.19. The zero-order valence-corrected chi connectivity index (χ0v) is 10.6. The highest BCUT2D eigenvalue weighted by atomic mass is 16.3. The van der Waals surface area contributed by atoms with Crippen molar-refractivity contribution in [2.45, 2.75) is 12.6 Å². The van der Waals surface area contributed by atoms with Gasteiger partial charge in [-0.05, 0) is 6.07 Å². The highest BCUT2D eigenvalue weighted by Gasteiger charge is 2.22. The van der Waals surface area contributed by atoms with Gasteiger partial charge in [0.25, 0.3) is 0 Å². The van der Waals surface area contributed by atoms with Crippen LogP contribution in [-0.2, 0) is 6.54 Å². The summed E-state index contributed by atoms with van der Waals surface area (Å²) in [5.41, 5.74) is -0.531. The molecule has 0 amide bonds. The molecule has 1 aromatic heterocycles. The van der Waals surface area contributed by atoms with Gasteiger partial charge in [-0.15, -0.1) is 0 Å². The second-order valence-corrected chi connectivity index (χ2v) is 4.29. The molecule has 0 fully saturated rings. The fraction of sp³-hybridized carbons (Fsp3) is 0.214. The van der Waals surface area contributed by atoms with E-state index in [1.807, 2.05) is 0 Å². The number of hydrogen-bond acceptors (Lipinski definition) is 5. The summed E-state index contributed by atoms with van der Waals surface area (Å²) in [6.45, 7) is -0.114. The lowest BCUT2D eigenvalue weighted by molar-refractivity contribution is 0.193. The molecule has 0 aliphatic heterocycles. The zero-order chi connectivity index (χ0) is 14.7. The minimum atomic E-state index is -1.38. The van der Waals surface area contributed by atoms with Crippen molar-refractivity contribution in [3.8, 4) is 11.5 Å². The van der Waals surface area contributed by atoms with Gasteiger partial charge >= 0.3 is 0 Å². The second kappa shape index (κ2) is 5.77. The van der Waals surface area contributed by atoms with Crippen LogP contribution in [-0.4, -0.2) is 31.6 Å². The van der Waals surface area contributed by atoms with E-state index in [0.717, 1.165) is 6.07 Å². The molecular formula is C14H15NO5. The van der Waals surface area contributed by atoms with Crippen LogP contribution in [0.2, 0.25) is 0 Å². The molecule has 0 spiro atoms. The first-order valence-electron chi connectivity index (χ1n) is 6.05. The van der Waals surface area contributed by atoms with Gasteiger partial charge in [0.15, 0.2) is 5.75 Å². The Labute approximate surface area is 114 Å². The quantitative estimate of drug-likeness (QED) is 0.645. The van der Waals surface area contributed by atoms with E-state index < -0.39 is 17.3 Å². The van der Waals surface area contributed by atoms with Crippen LogP contribution >= 0.6 is 0 Å². The van der Waals surface area contributed by atoms with Crippen LogP contribution in [0.25, 0.3) is 0 Å². The Morgan fingerprint density at radius 2 is 1.85 bits per heavy atom. The average Bonchev–Trinajstić information content (AvgIpc) is 2.43. The van der Waals surface area contributed by atoms with E-state index in [2.05, 4.69) is 0 Å². The SMILES string of the molecule is O=c1ccn(CCO)c(C(O)c2ccccc2O)c1O. The molecule has 4 N–H and O–H groups in total. The number of phenolic OH excluding ortho intramolecular Hbond substituents is 1. The third-order valence-corrected chi connectivity index (χ3v) is 3.02. The first-order valence-corrected chi connectivity index (χ1v) is 6.05. The fourth-order valence-corrected chi connectivity index (χ4v) is 2.03. The summed E-state index contributed by atoms with van der Waals surface area (Å²) >= 11 is 0. The molecule has 0 bridgehead atoms. The summed E-state index contributed by atoms with van der Waals surface area (Å²) in [7, 11) is 0. The van der Waals surface area contributed by atoms with Gasteiger partial charge in [-0.25, -0.2) is 0 Å². The highest BCUT2D eigenvalue weighted by Crippen LogP contribution is 2.31. The van der Waals surface area contributed by atoms with Gasteiger partial charge in [-0.2, -0.15) is 0 Å². The van der Waals surface area contributed by atoms with Crippen molar-refractivity contribution in [3.63, 3.8) is 0 Å². The number of aliphatic hydroxyl groups is 2. The van der Waals surface area contributed by atoms with Gasteiger partial charge in [0.05, 0.1) is 12.3 Å². The number of benzene rings is 1. The number of rotatable bonds is 4. The fourth-order valence-electron chi connectivity index (χ4n) is 2.03.